The number of anilines is 1. The quantitative estimate of drug-likeness (QED) is 0.800. The van der Waals surface area contributed by atoms with E-state index in [0.29, 0.717) is 6.42 Å². The molecule has 0 aliphatic rings. The van der Waals surface area contributed by atoms with E-state index in [2.05, 4.69) is 26.6 Å². The van der Waals surface area contributed by atoms with Crippen molar-refractivity contribution in [1.82, 2.24) is 5.32 Å². The maximum absolute atomic E-state index is 11.8. The number of aliphatic hydroxyl groups is 1. The first-order valence-corrected chi connectivity index (χ1v) is 6.72. The van der Waals surface area contributed by atoms with Gasteiger partial charge in [-0.25, -0.2) is 4.79 Å². The van der Waals surface area contributed by atoms with Crippen LogP contribution in [0.3, 0.4) is 0 Å². The fraction of sp³-hybridized carbons (Fsp3) is 0.462. The van der Waals surface area contributed by atoms with Crippen molar-refractivity contribution in [3.8, 4) is 0 Å². The minimum atomic E-state index is -0.288. The number of carbonyl (C=O) groups is 1. The molecule has 1 atom stereocenters. The number of hydrogen-bond acceptors (Lipinski definition) is 2. The summed E-state index contributed by atoms with van der Waals surface area (Å²) in [7, 11) is 0. The van der Waals surface area contributed by atoms with Crippen molar-refractivity contribution >= 4 is 27.6 Å². The lowest BCUT2D eigenvalue weighted by molar-refractivity contribution is 0.222. The molecule has 3 N–H and O–H groups in total. The smallest absolute Gasteiger partial charge is 0.319 e. The molecule has 0 heterocycles. The molecule has 18 heavy (non-hydrogen) atoms. The van der Waals surface area contributed by atoms with Crippen molar-refractivity contribution in [2.75, 3.05) is 11.9 Å². The van der Waals surface area contributed by atoms with Crippen molar-refractivity contribution < 1.29 is 9.90 Å². The van der Waals surface area contributed by atoms with Crippen LogP contribution in [0.15, 0.2) is 16.6 Å². The Bertz CT molecular complexity index is 408. The molecule has 4 nitrogen and oxygen atoms in total. The maximum Gasteiger partial charge on any atom is 0.319 e. The molecule has 5 heteroatoms. The van der Waals surface area contributed by atoms with Crippen LogP contribution >= 0.6 is 15.9 Å². The number of hydrogen-bond donors (Lipinski definition) is 3. The summed E-state index contributed by atoms with van der Waals surface area (Å²) < 4.78 is 0.991. The van der Waals surface area contributed by atoms with E-state index in [4.69, 9.17) is 5.11 Å². The number of urea groups is 1. The van der Waals surface area contributed by atoms with Crippen LogP contribution in [-0.2, 0) is 0 Å². The van der Waals surface area contributed by atoms with Gasteiger partial charge in [0.15, 0.2) is 0 Å². The molecule has 0 saturated carbocycles. The van der Waals surface area contributed by atoms with Gasteiger partial charge >= 0.3 is 6.03 Å². The molecule has 0 bridgehead atoms. The third kappa shape index (κ3) is 3.99. The summed E-state index contributed by atoms with van der Waals surface area (Å²) >= 11 is 3.41. The minimum Gasteiger partial charge on any atom is -0.394 e. The molecule has 1 aromatic rings. The Morgan fingerprint density at radius 2 is 1.94 bits per heavy atom. The third-order valence-corrected chi connectivity index (χ3v) is 3.24. The highest BCUT2D eigenvalue weighted by molar-refractivity contribution is 9.10. The predicted molar refractivity (Wildman–Crippen MR) is 76.9 cm³/mol. The van der Waals surface area contributed by atoms with E-state index < -0.39 is 0 Å². The molecule has 1 rings (SSSR count). The first kappa shape index (κ1) is 15.0. The summed E-state index contributed by atoms with van der Waals surface area (Å²) in [5.74, 6) is 0. The summed E-state index contributed by atoms with van der Waals surface area (Å²) in [4.78, 5) is 11.8. The first-order valence-electron chi connectivity index (χ1n) is 5.93. The average molecular weight is 315 g/mol. The minimum absolute atomic E-state index is 0.0534. The van der Waals surface area contributed by atoms with E-state index in [0.717, 1.165) is 21.3 Å². The summed E-state index contributed by atoms with van der Waals surface area (Å²) in [6.45, 7) is 5.74. The average Bonchev–Trinajstić information content (AvgIpc) is 2.30. The van der Waals surface area contributed by atoms with Crippen LogP contribution in [0.2, 0.25) is 0 Å². The molecule has 0 spiro atoms. The molecule has 0 saturated heterocycles. The molecule has 1 aromatic carbocycles. The molecular formula is C13H19BrN2O2. The van der Waals surface area contributed by atoms with E-state index in [9.17, 15) is 4.79 Å². The number of aryl methyl sites for hydroxylation is 2. The number of halogens is 1. The Morgan fingerprint density at radius 3 is 2.39 bits per heavy atom. The second kappa shape index (κ2) is 6.75. The monoisotopic (exact) mass is 314 g/mol. The van der Waals surface area contributed by atoms with Gasteiger partial charge in [0.1, 0.15) is 0 Å². The van der Waals surface area contributed by atoms with Crippen LogP contribution in [0.1, 0.15) is 24.5 Å². The van der Waals surface area contributed by atoms with Gasteiger partial charge in [0, 0.05) is 10.2 Å². The Hall–Kier alpha value is -1.07. The zero-order valence-electron chi connectivity index (χ0n) is 10.9. The molecular weight excluding hydrogens is 296 g/mol. The SMILES string of the molecule is CCC(CO)NC(=O)Nc1c(C)cc(Br)cc1C. The molecule has 100 valence electrons. The summed E-state index contributed by atoms with van der Waals surface area (Å²) in [5, 5.41) is 14.6. The van der Waals surface area contributed by atoms with Crippen molar-refractivity contribution in [3.63, 3.8) is 0 Å². The largest absolute Gasteiger partial charge is 0.394 e. The number of carbonyl (C=O) groups excluding carboxylic acids is 1. The summed E-state index contributed by atoms with van der Waals surface area (Å²) in [6.07, 6.45) is 0.697. The second-order valence-corrected chi connectivity index (χ2v) is 5.22. The van der Waals surface area contributed by atoms with Crippen LogP contribution in [0, 0.1) is 13.8 Å². The number of amides is 2. The lowest BCUT2D eigenvalue weighted by Gasteiger charge is -2.17. The highest BCUT2D eigenvalue weighted by atomic mass is 79.9. The van der Waals surface area contributed by atoms with Crippen LogP contribution in [0.5, 0.6) is 0 Å². The van der Waals surface area contributed by atoms with E-state index >= 15 is 0 Å². The number of benzene rings is 1. The maximum atomic E-state index is 11.8. The number of rotatable bonds is 4. The van der Waals surface area contributed by atoms with Crippen molar-refractivity contribution in [1.29, 1.82) is 0 Å². The summed E-state index contributed by atoms with van der Waals surface area (Å²) in [6, 6.07) is 3.41. The standard InChI is InChI=1S/C13H19BrN2O2/c1-4-11(7-17)15-13(18)16-12-8(2)5-10(14)6-9(12)3/h5-6,11,17H,4,7H2,1-3H3,(H2,15,16,18). The molecule has 2 amide bonds. The fourth-order valence-corrected chi connectivity index (χ4v) is 2.41. The Labute approximate surface area is 116 Å². The topological polar surface area (TPSA) is 61.4 Å². The fourth-order valence-electron chi connectivity index (χ4n) is 1.72. The van der Waals surface area contributed by atoms with Crippen molar-refractivity contribution in [2.24, 2.45) is 0 Å². The van der Waals surface area contributed by atoms with Gasteiger partial charge in [-0.3, -0.25) is 0 Å². The van der Waals surface area contributed by atoms with Gasteiger partial charge < -0.3 is 15.7 Å². The highest BCUT2D eigenvalue weighted by Crippen LogP contribution is 2.24. The Balaban J connectivity index is 2.76. The Morgan fingerprint density at radius 1 is 1.39 bits per heavy atom. The number of aliphatic hydroxyl groups excluding tert-OH is 1. The van der Waals surface area contributed by atoms with E-state index in [1.54, 1.807) is 0 Å². The number of nitrogens with one attached hydrogen (secondary N) is 2. The van der Waals surface area contributed by atoms with Gasteiger partial charge in [-0.1, -0.05) is 22.9 Å². The van der Waals surface area contributed by atoms with Crippen molar-refractivity contribution in [2.45, 2.75) is 33.2 Å². The molecule has 0 radical (unpaired) electrons. The van der Waals surface area contributed by atoms with E-state index in [-0.39, 0.29) is 18.7 Å². The molecule has 0 aromatic heterocycles. The second-order valence-electron chi connectivity index (χ2n) is 4.30. The zero-order valence-corrected chi connectivity index (χ0v) is 12.5. The van der Waals surface area contributed by atoms with E-state index in [1.165, 1.54) is 0 Å². The van der Waals surface area contributed by atoms with Gasteiger partial charge in [0.2, 0.25) is 0 Å². The van der Waals surface area contributed by atoms with Crippen LogP contribution in [0.4, 0.5) is 10.5 Å². The third-order valence-electron chi connectivity index (χ3n) is 2.78. The lowest BCUT2D eigenvalue weighted by atomic mass is 10.1. The van der Waals surface area contributed by atoms with Gasteiger partial charge in [-0.2, -0.15) is 0 Å². The lowest BCUT2D eigenvalue weighted by Crippen LogP contribution is -2.39. The normalized spacial score (nSPS) is 12.1. The molecule has 1 unspecified atom stereocenters. The van der Waals surface area contributed by atoms with Gasteiger partial charge in [-0.05, 0) is 43.5 Å². The summed E-state index contributed by atoms with van der Waals surface area (Å²) in [5.41, 5.74) is 2.80. The Kier molecular flexibility index (Phi) is 5.62. The van der Waals surface area contributed by atoms with Gasteiger partial charge in [0.05, 0.1) is 12.6 Å². The van der Waals surface area contributed by atoms with Crippen molar-refractivity contribution in [3.05, 3.63) is 27.7 Å². The zero-order chi connectivity index (χ0) is 13.7. The molecule has 0 aliphatic carbocycles. The molecule has 0 aliphatic heterocycles. The van der Waals surface area contributed by atoms with Crippen LogP contribution in [0.25, 0.3) is 0 Å². The predicted octanol–water partition coefficient (Wildman–Crippen LogP) is 2.96. The van der Waals surface area contributed by atoms with Crippen LogP contribution < -0.4 is 10.6 Å². The van der Waals surface area contributed by atoms with Crippen LogP contribution in [-0.4, -0.2) is 23.8 Å². The first-order chi connectivity index (χ1) is 8.47. The van der Waals surface area contributed by atoms with Gasteiger partial charge in [0.25, 0.3) is 0 Å². The van der Waals surface area contributed by atoms with E-state index in [1.807, 2.05) is 32.9 Å². The molecule has 0 fully saturated rings. The van der Waals surface area contributed by atoms with Gasteiger partial charge in [-0.15, -0.1) is 0 Å². The highest BCUT2D eigenvalue weighted by Gasteiger charge is 2.11.